The monoisotopic (exact) mass is 315 g/mol. The van der Waals surface area contributed by atoms with Crippen LogP contribution in [0.25, 0.3) is 0 Å². The molecule has 0 bridgehead atoms. The third kappa shape index (κ3) is 17.7. The van der Waals surface area contributed by atoms with E-state index in [1.165, 1.54) is 50.3 Å². The molecule has 0 heterocycles. The molecule has 3 nitrogen and oxygen atoms in total. The number of thiocyanates is 1. The predicted molar refractivity (Wildman–Crippen MR) is 91.2 cm³/mol. The Kier molecular flexibility index (Phi) is 17.6. The first kappa shape index (κ1) is 20.8. The number of nitrogens with zero attached hydrogens (tertiary/aromatic N) is 1. The van der Waals surface area contributed by atoms with Crippen molar-refractivity contribution in [3.63, 3.8) is 0 Å². The summed E-state index contributed by atoms with van der Waals surface area (Å²) in [5, 5.41) is 29.0. The van der Waals surface area contributed by atoms with Crippen LogP contribution in [0.1, 0.15) is 83.5 Å². The minimum atomic E-state index is -0.116. The highest BCUT2D eigenvalue weighted by molar-refractivity contribution is 8.03. The van der Waals surface area contributed by atoms with Crippen LogP contribution >= 0.6 is 11.8 Å². The van der Waals surface area contributed by atoms with Crippen molar-refractivity contribution in [3.05, 3.63) is 0 Å². The van der Waals surface area contributed by atoms with Gasteiger partial charge in [-0.3, -0.25) is 0 Å². The molecule has 0 rings (SSSR count). The second-order valence-electron chi connectivity index (χ2n) is 5.78. The van der Waals surface area contributed by atoms with Crippen molar-refractivity contribution in [1.82, 2.24) is 0 Å². The van der Waals surface area contributed by atoms with Crippen molar-refractivity contribution in [3.8, 4) is 5.40 Å². The molecule has 0 aliphatic heterocycles. The van der Waals surface area contributed by atoms with Crippen molar-refractivity contribution >= 4 is 11.8 Å². The first-order valence-electron chi connectivity index (χ1n) is 8.61. The topological polar surface area (TPSA) is 64.2 Å². The molecule has 0 spiro atoms. The summed E-state index contributed by atoms with van der Waals surface area (Å²) >= 11 is 1.35. The Bertz CT molecular complexity index is 243. The van der Waals surface area contributed by atoms with E-state index in [0.29, 0.717) is 6.61 Å². The smallest absolute Gasteiger partial charge is 0.133 e. The average Bonchev–Trinajstić information content (AvgIpc) is 2.49. The maximum absolute atomic E-state index is 9.88. The van der Waals surface area contributed by atoms with Crippen molar-refractivity contribution in [1.29, 1.82) is 5.26 Å². The highest BCUT2D eigenvalue weighted by Gasteiger charge is 2.03. The highest BCUT2D eigenvalue weighted by Crippen LogP contribution is 2.14. The second kappa shape index (κ2) is 17.8. The Morgan fingerprint density at radius 2 is 1.24 bits per heavy atom. The number of thioether (sulfide) groups is 1. The summed E-state index contributed by atoms with van der Waals surface area (Å²) in [4.78, 5) is 0. The second-order valence-corrected chi connectivity index (χ2v) is 6.66. The molecule has 1 atom stereocenters. The Morgan fingerprint density at radius 1 is 0.762 bits per heavy atom. The minimum absolute atomic E-state index is 0.116. The van der Waals surface area contributed by atoms with Crippen LogP contribution in [0.5, 0.6) is 0 Å². The minimum Gasteiger partial charge on any atom is -0.396 e. The van der Waals surface area contributed by atoms with Crippen LogP contribution in [0.15, 0.2) is 0 Å². The van der Waals surface area contributed by atoms with Crippen LogP contribution in [0.2, 0.25) is 0 Å². The SMILES string of the molecule is N#CSCCCCCCCCC(O)CCCCCCCO. The van der Waals surface area contributed by atoms with Gasteiger partial charge in [-0.1, -0.05) is 57.8 Å². The molecule has 21 heavy (non-hydrogen) atoms. The number of unbranched alkanes of at least 4 members (excludes halogenated alkanes) is 9. The molecule has 0 radical (unpaired) electrons. The Morgan fingerprint density at radius 3 is 1.76 bits per heavy atom. The summed E-state index contributed by atoms with van der Waals surface area (Å²) in [6.45, 7) is 0.305. The zero-order valence-corrected chi connectivity index (χ0v) is 14.3. The quantitative estimate of drug-likeness (QED) is 0.322. The largest absolute Gasteiger partial charge is 0.396 e. The zero-order valence-electron chi connectivity index (χ0n) is 13.4. The van der Waals surface area contributed by atoms with E-state index in [2.05, 4.69) is 5.40 Å². The number of aliphatic hydroxyl groups excluding tert-OH is 2. The van der Waals surface area contributed by atoms with Crippen LogP contribution in [0.4, 0.5) is 0 Å². The number of hydrogen-bond acceptors (Lipinski definition) is 4. The third-order valence-electron chi connectivity index (χ3n) is 3.79. The van der Waals surface area contributed by atoms with E-state index in [0.717, 1.165) is 50.7 Å². The van der Waals surface area contributed by atoms with Gasteiger partial charge >= 0.3 is 0 Å². The lowest BCUT2D eigenvalue weighted by atomic mass is 10.0. The van der Waals surface area contributed by atoms with Crippen LogP contribution < -0.4 is 0 Å². The summed E-state index contributed by atoms with van der Waals surface area (Å²) in [6, 6.07) is 0. The van der Waals surface area contributed by atoms with Gasteiger partial charge in [0.15, 0.2) is 0 Å². The molecule has 0 aromatic carbocycles. The van der Waals surface area contributed by atoms with Gasteiger partial charge in [0.1, 0.15) is 5.40 Å². The van der Waals surface area contributed by atoms with Gasteiger partial charge in [-0.25, -0.2) is 0 Å². The van der Waals surface area contributed by atoms with Crippen molar-refractivity contribution in [2.45, 2.75) is 89.6 Å². The summed E-state index contributed by atoms with van der Waals surface area (Å²) in [7, 11) is 0. The molecule has 124 valence electrons. The number of rotatable bonds is 16. The molecule has 4 heteroatoms. The molecule has 0 aromatic rings. The van der Waals surface area contributed by atoms with Crippen LogP contribution in [0.3, 0.4) is 0 Å². The lowest BCUT2D eigenvalue weighted by Gasteiger charge is -2.10. The summed E-state index contributed by atoms with van der Waals surface area (Å²) in [5.74, 6) is 0.966. The van der Waals surface area contributed by atoms with Crippen LogP contribution in [-0.4, -0.2) is 28.7 Å². The van der Waals surface area contributed by atoms with E-state index in [1.807, 2.05) is 0 Å². The van der Waals surface area contributed by atoms with E-state index in [9.17, 15) is 5.11 Å². The highest BCUT2D eigenvalue weighted by atomic mass is 32.2. The first-order valence-corrected chi connectivity index (χ1v) is 9.59. The lowest BCUT2D eigenvalue weighted by Crippen LogP contribution is -2.05. The lowest BCUT2D eigenvalue weighted by molar-refractivity contribution is 0.147. The maximum atomic E-state index is 9.88. The van der Waals surface area contributed by atoms with Gasteiger partial charge in [0.2, 0.25) is 0 Å². The van der Waals surface area contributed by atoms with Gasteiger partial charge in [0, 0.05) is 12.4 Å². The number of nitriles is 1. The predicted octanol–water partition coefficient (Wildman–Crippen LogP) is 4.63. The van der Waals surface area contributed by atoms with E-state index in [1.54, 1.807) is 0 Å². The first-order chi connectivity index (χ1) is 10.3. The Hall–Kier alpha value is -0.240. The van der Waals surface area contributed by atoms with Gasteiger partial charge in [0.05, 0.1) is 6.10 Å². The van der Waals surface area contributed by atoms with Crippen LogP contribution in [-0.2, 0) is 0 Å². The number of hydrogen-bond donors (Lipinski definition) is 2. The van der Waals surface area contributed by atoms with E-state index in [-0.39, 0.29) is 6.10 Å². The zero-order chi connectivity index (χ0) is 15.6. The molecule has 0 aliphatic rings. The molecular weight excluding hydrogens is 282 g/mol. The molecular formula is C17H33NO2S. The summed E-state index contributed by atoms with van der Waals surface area (Å²) < 4.78 is 0. The molecule has 0 saturated heterocycles. The van der Waals surface area contributed by atoms with E-state index in [4.69, 9.17) is 10.4 Å². The summed E-state index contributed by atoms with van der Waals surface area (Å²) in [5.41, 5.74) is 0. The summed E-state index contributed by atoms with van der Waals surface area (Å²) in [6.07, 6.45) is 14.5. The molecule has 0 aromatic heterocycles. The normalized spacial score (nSPS) is 12.2. The molecule has 0 aliphatic carbocycles. The third-order valence-corrected chi connectivity index (χ3v) is 4.42. The molecule has 0 saturated carbocycles. The maximum Gasteiger partial charge on any atom is 0.133 e. The molecule has 0 amide bonds. The fourth-order valence-electron chi connectivity index (χ4n) is 2.47. The van der Waals surface area contributed by atoms with Crippen molar-refractivity contribution < 1.29 is 10.2 Å². The fraction of sp³-hybridized carbons (Fsp3) is 0.941. The molecule has 0 fully saturated rings. The Balaban J connectivity index is 3.12. The van der Waals surface area contributed by atoms with Gasteiger partial charge < -0.3 is 10.2 Å². The Labute approximate surface area is 135 Å². The van der Waals surface area contributed by atoms with Crippen molar-refractivity contribution in [2.24, 2.45) is 0 Å². The van der Waals surface area contributed by atoms with Gasteiger partial charge in [-0.2, -0.15) is 5.26 Å². The molecule has 1 unspecified atom stereocenters. The number of aliphatic hydroxyl groups is 2. The van der Waals surface area contributed by atoms with Crippen LogP contribution in [0, 0.1) is 10.7 Å². The van der Waals surface area contributed by atoms with Gasteiger partial charge in [-0.15, -0.1) is 0 Å². The average molecular weight is 316 g/mol. The standard InChI is InChI=1S/C17H33NO2S/c18-16-21-15-11-7-2-1-4-8-12-17(20)13-9-5-3-6-10-14-19/h17,19-20H,1-15H2. The fourth-order valence-corrected chi connectivity index (χ4v) is 2.91. The molecule has 2 N–H and O–H groups in total. The van der Waals surface area contributed by atoms with E-state index < -0.39 is 0 Å². The van der Waals surface area contributed by atoms with Gasteiger partial charge in [-0.05, 0) is 37.4 Å². The van der Waals surface area contributed by atoms with Gasteiger partial charge in [0.25, 0.3) is 0 Å². The van der Waals surface area contributed by atoms with E-state index >= 15 is 0 Å². The van der Waals surface area contributed by atoms with Crippen molar-refractivity contribution in [2.75, 3.05) is 12.4 Å².